The van der Waals surface area contributed by atoms with E-state index >= 15 is 0 Å². The quantitative estimate of drug-likeness (QED) is 0.273. The summed E-state index contributed by atoms with van der Waals surface area (Å²) in [4.78, 5) is 40.6. The van der Waals surface area contributed by atoms with Crippen LogP contribution in [-0.2, 0) is 22.4 Å². The van der Waals surface area contributed by atoms with E-state index in [1.165, 1.54) is 0 Å². The van der Waals surface area contributed by atoms with Gasteiger partial charge in [0.05, 0.1) is 23.1 Å². The molecule has 1 aromatic rings. The Morgan fingerprint density at radius 1 is 1.17 bits per heavy atom. The molecule has 6 N–H and O–H groups in total. The van der Waals surface area contributed by atoms with Gasteiger partial charge in [0, 0.05) is 5.41 Å². The van der Waals surface area contributed by atoms with Crippen molar-refractivity contribution >= 4 is 17.5 Å². The van der Waals surface area contributed by atoms with Crippen LogP contribution >= 0.6 is 0 Å². The molecular weight excluding hydrogens is 534 g/mol. The summed E-state index contributed by atoms with van der Waals surface area (Å²) in [5.74, 6) is -0.791. The zero-order valence-corrected chi connectivity index (χ0v) is 25.2. The molecule has 5 rings (SSSR count). The fourth-order valence-electron chi connectivity index (χ4n) is 9.18. The third-order valence-corrected chi connectivity index (χ3v) is 10.9. The minimum absolute atomic E-state index is 0.0696. The molecule has 0 spiro atoms. The van der Waals surface area contributed by atoms with Crippen molar-refractivity contribution in [3.63, 3.8) is 0 Å². The van der Waals surface area contributed by atoms with Crippen molar-refractivity contribution in [1.29, 1.82) is 0 Å². The third-order valence-electron chi connectivity index (χ3n) is 10.9. The average Bonchev–Trinajstić information content (AvgIpc) is 2.90. The highest BCUT2D eigenvalue weighted by atomic mass is 16.4. The maximum absolute atomic E-state index is 14.4. The number of hydrogen-bond donors (Lipinski definition) is 5. The minimum atomic E-state index is -2.52. The lowest BCUT2D eigenvalue weighted by molar-refractivity contribution is -0.265. The molecular formula is C34H43NO7. The molecule has 0 aromatic heterocycles. The normalized spacial score (nSPS) is 37.6. The van der Waals surface area contributed by atoms with Crippen LogP contribution in [-0.4, -0.2) is 55.7 Å². The fourth-order valence-corrected chi connectivity index (χ4v) is 9.18. The summed E-state index contributed by atoms with van der Waals surface area (Å²) in [6.45, 7) is 9.15. The second-order valence-electron chi connectivity index (χ2n) is 13.8. The number of aryl methyl sites for hydroxylation is 1. The molecule has 0 bridgehead atoms. The van der Waals surface area contributed by atoms with Gasteiger partial charge in [-0.05, 0) is 85.0 Å². The van der Waals surface area contributed by atoms with Crippen LogP contribution < -0.4 is 5.73 Å². The van der Waals surface area contributed by atoms with Crippen LogP contribution in [0.5, 0.6) is 5.75 Å². The summed E-state index contributed by atoms with van der Waals surface area (Å²) < 4.78 is 0. The zero-order chi connectivity index (χ0) is 30.9. The van der Waals surface area contributed by atoms with Crippen LogP contribution in [0.3, 0.4) is 0 Å². The van der Waals surface area contributed by atoms with E-state index in [1.807, 2.05) is 33.8 Å². The first kappa shape index (κ1) is 30.5. The Morgan fingerprint density at radius 3 is 2.43 bits per heavy atom. The molecule has 8 heteroatoms. The van der Waals surface area contributed by atoms with Crippen molar-refractivity contribution in [2.75, 3.05) is 0 Å². The number of nitrogens with two attached hydrogens (primary N) is 1. The molecule has 0 saturated heterocycles. The number of aliphatic hydroxyl groups excluding tert-OH is 2. The van der Waals surface area contributed by atoms with Crippen molar-refractivity contribution in [2.24, 2.45) is 40.2 Å². The maximum atomic E-state index is 14.4. The number of amides is 1. The molecule has 4 aliphatic carbocycles. The minimum Gasteiger partial charge on any atom is -0.506 e. The number of Topliss-reactive ketones (excluding diaryl/α,β-unsaturated/α-hetero) is 2. The molecule has 0 radical (unpaired) electrons. The number of phenolic OH excluding ortho intramolecular Hbond substituents is 1. The van der Waals surface area contributed by atoms with Gasteiger partial charge in [-0.1, -0.05) is 52.5 Å². The SMILES string of the molecule is CCc1cc(C#CC2=CCCCC2)c(O)c2c1C[C@]1(C)C[C@]3(C)[C@@H](C(C)C)C(O)[C@@H](C(N)=O)C(=O)[C@]3(O)C(O)[C@H]1C2=O. The summed E-state index contributed by atoms with van der Waals surface area (Å²) >= 11 is 0. The number of carbonyl (C=O) groups excluding carboxylic acids is 3. The van der Waals surface area contributed by atoms with Crippen LogP contribution in [0.25, 0.3) is 0 Å². The van der Waals surface area contributed by atoms with Crippen LogP contribution in [0.2, 0.25) is 0 Å². The number of allylic oxidation sites excluding steroid dienone is 2. The number of primary amides is 1. The Labute approximate surface area is 247 Å². The first-order valence-electron chi connectivity index (χ1n) is 15.2. The topological polar surface area (TPSA) is 158 Å². The van der Waals surface area contributed by atoms with Crippen LogP contribution in [0.15, 0.2) is 17.7 Å². The van der Waals surface area contributed by atoms with E-state index in [-0.39, 0.29) is 23.7 Å². The number of rotatable bonds is 3. The van der Waals surface area contributed by atoms with Gasteiger partial charge in [-0.2, -0.15) is 0 Å². The molecule has 1 aromatic carbocycles. The number of aliphatic hydroxyl groups is 3. The average molecular weight is 578 g/mol. The lowest BCUT2D eigenvalue weighted by atomic mass is 9.39. The zero-order valence-electron chi connectivity index (χ0n) is 25.2. The van der Waals surface area contributed by atoms with Crippen LogP contribution in [0.4, 0.5) is 0 Å². The largest absolute Gasteiger partial charge is 0.506 e. The Balaban J connectivity index is 1.68. The smallest absolute Gasteiger partial charge is 0.230 e. The van der Waals surface area contributed by atoms with Gasteiger partial charge in [0.15, 0.2) is 17.2 Å². The summed E-state index contributed by atoms with van der Waals surface area (Å²) in [5, 5.41) is 46.9. The fraction of sp³-hybridized carbons (Fsp3) is 0.618. The van der Waals surface area contributed by atoms with E-state index in [2.05, 4.69) is 17.9 Å². The first-order chi connectivity index (χ1) is 19.6. The van der Waals surface area contributed by atoms with E-state index in [9.17, 15) is 34.8 Å². The molecule has 1 amide bonds. The second-order valence-corrected chi connectivity index (χ2v) is 13.8. The lowest BCUT2D eigenvalue weighted by Crippen LogP contribution is -2.79. The Hall–Kier alpha value is -2.99. The number of aromatic hydroxyl groups is 1. The number of phenols is 1. The summed E-state index contributed by atoms with van der Waals surface area (Å²) in [6, 6.07) is 1.83. The number of carbonyl (C=O) groups is 3. The van der Waals surface area contributed by atoms with E-state index in [1.54, 1.807) is 6.92 Å². The molecule has 42 heavy (non-hydrogen) atoms. The highest BCUT2D eigenvalue weighted by Crippen LogP contribution is 2.65. The molecule has 8 nitrogen and oxygen atoms in total. The molecule has 226 valence electrons. The van der Waals surface area contributed by atoms with Gasteiger partial charge in [0.2, 0.25) is 5.91 Å². The van der Waals surface area contributed by atoms with Gasteiger partial charge >= 0.3 is 0 Å². The van der Waals surface area contributed by atoms with Gasteiger partial charge in [-0.3, -0.25) is 14.4 Å². The third kappa shape index (κ3) is 4.11. The van der Waals surface area contributed by atoms with E-state index in [4.69, 9.17) is 5.73 Å². The molecule has 2 unspecified atom stereocenters. The second kappa shape index (κ2) is 10.3. The Bertz CT molecular complexity index is 1450. The molecule has 0 heterocycles. The van der Waals surface area contributed by atoms with Gasteiger partial charge < -0.3 is 26.2 Å². The summed E-state index contributed by atoms with van der Waals surface area (Å²) in [5.41, 5.74) is 3.68. The first-order valence-corrected chi connectivity index (χ1v) is 15.2. The maximum Gasteiger partial charge on any atom is 0.230 e. The van der Waals surface area contributed by atoms with E-state index < -0.39 is 63.9 Å². The molecule has 0 aliphatic heterocycles. The highest BCUT2D eigenvalue weighted by molar-refractivity contribution is 6.09. The molecule has 2 saturated carbocycles. The summed E-state index contributed by atoms with van der Waals surface area (Å²) in [7, 11) is 0. The lowest BCUT2D eigenvalue weighted by Gasteiger charge is -2.66. The molecule has 4 aliphatic rings. The van der Waals surface area contributed by atoms with Crippen molar-refractivity contribution in [3.05, 3.63) is 40.0 Å². The standard InChI is InChI=1S/C34H43NO7/c1-6-19-14-20(13-12-18-10-8-7-9-11-18)26(36)22-21(19)15-32(4)16-33(5)24(17(2)3)28(38)23(31(35)41)29(39)34(33,42)30(40)25(32)27(22)37/h10,14,17,23-25,28,30,36,38,40,42H,6-9,11,15-16H2,1-5H3,(H2,35,41)/t23-,24+,25-,28?,30?,32-,33-,34+/m1/s1. The van der Waals surface area contributed by atoms with Crippen molar-refractivity contribution in [2.45, 2.75) is 97.4 Å². The van der Waals surface area contributed by atoms with E-state index in [0.29, 0.717) is 24.0 Å². The predicted octanol–water partition coefficient (Wildman–Crippen LogP) is 2.99. The number of ketones is 2. The van der Waals surface area contributed by atoms with Gasteiger partial charge in [0.25, 0.3) is 0 Å². The Kier molecular flexibility index (Phi) is 7.49. The molecule has 2 fully saturated rings. The van der Waals surface area contributed by atoms with Crippen molar-refractivity contribution in [3.8, 4) is 17.6 Å². The van der Waals surface area contributed by atoms with Crippen molar-refractivity contribution in [1.82, 2.24) is 0 Å². The number of benzene rings is 1. The van der Waals surface area contributed by atoms with Crippen LogP contribution in [0.1, 0.15) is 93.8 Å². The van der Waals surface area contributed by atoms with Crippen molar-refractivity contribution < 1.29 is 34.8 Å². The Morgan fingerprint density at radius 2 is 1.86 bits per heavy atom. The predicted molar refractivity (Wildman–Crippen MR) is 156 cm³/mol. The van der Waals surface area contributed by atoms with Gasteiger partial charge in [0.1, 0.15) is 17.8 Å². The highest BCUT2D eigenvalue weighted by Gasteiger charge is 2.75. The van der Waals surface area contributed by atoms with E-state index in [0.717, 1.165) is 36.8 Å². The van der Waals surface area contributed by atoms with Gasteiger partial charge in [-0.15, -0.1) is 0 Å². The van der Waals surface area contributed by atoms with Crippen LogP contribution in [0, 0.1) is 46.3 Å². The molecule has 8 atom stereocenters. The number of hydrogen-bond acceptors (Lipinski definition) is 7. The van der Waals surface area contributed by atoms with Gasteiger partial charge in [-0.25, -0.2) is 0 Å². The number of fused-ring (bicyclic) bond motifs is 3. The summed E-state index contributed by atoms with van der Waals surface area (Å²) in [6.07, 6.45) is 3.79. The monoisotopic (exact) mass is 577 g/mol.